The molecule has 0 aromatic rings. The first kappa shape index (κ1) is 9.44. The van der Waals surface area contributed by atoms with Crippen LogP contribution < -0.4 is 5.32 Å². The molecule has 3 nitrogen and oxygen atoms in total. The number of ether oxygens (including phenoxy) is 1. The van der Waals surface area contributed by atoms with E-state index in [9.17, 15) is 5.11 Å². The molecule has 2 fully saturated rings. The van der Waals surface area contributed by atoms with Crippen molar-refractivity contribution in [2.75, 3.05) is 19.8 Å². The number of nitrogens with one attached hydrogen (secondary N) is 1. The van der Waals surface area contributed by atoms with Gasteiger partial charge in [-0.1, -0.05) is 19.3 Å². The van der Waals surface area contributed by atoms with Crippen molar-refractivity contribution in [1.29, 1.82) is 0 Å². The maximum atomic E-state index is 9.24. The zero-order valence-electron chi connectivity index (χ0n) is 8.09. The lowest BCUT2D eigenvalue weighted by atomic mass is 9.77. The van der Waals surface area contributed by atoms with E-state index < -0.39 is 0 Å². The van der Waals surface area contributed by atoms with Gasteiger partial charge in [-0.25, -0.2) is 0 Å². The van der Waals surface area contributed by atoms with Crippen molar-refractivity contribution in [1.82, 2.24) is 5.32 Å². The van der Waals surface area contributed by atoms with Gasteiger partial charge >= 0.3 is 0 Å². The van der Waals surface area contributed by atoms with Crippen LogP contribution in [0.5, 0.6) is 0 Å². The minimum atomic E-state index is 0.0292. The molecule has 2 rings (SSSR count). The van der Waals surface area contributed by atoms with Gasteiger partial charge in [0.2, 0.25) is 0 Å². The average Bonchev–Trinajstić information content (AvgIpc) is 2.20. The summed E-state index contributed by atoms with van der Waals surface area (Å²) in [4.78, 5) is 0. The van der Waals surface area contributed by atoms with Gasteiger partial charge in [0, 0.05) is 12.1 Å². The third-order valence-corrected chi connectivity index (χ3v) is 3.43. The number of hydrogen-bond donors (Lipinski definition) is 2. The molecule has 0 aromatic carbocycles. The van der Waals surface area contributed by atoms with Crippen LogP contribution in [0.4, 0.5) is 0 Å². The second-order valence-corrected chi connectivity index (χ2v) is 4.19. The number of aliphatic hydroxyl groups excluding tert-OH is 1. The second-order valence-electron chi connectivity index (χ2n) is 4.19. The highest BCUT2D eigenvalue weighted by molar-refractivity contribution is 4.99. The van der Waals surface area contributed by atoms with E-state index in [-0.39, 0.29) is 18.2 Å². The molecule has 2 aliphatic rings. The Morgan fingerprint density at radius 1 is 1.31 bits per heavy atom. The second kappa shape index (κ2) is 3.95. The van der Waals surface area contributed by atoms with E-state index in [0.717, 1.165) is 26.0 Å². The van der Waals surface area contributed by atoms with Crippen LogP contribution in [-0.4, -0.2) is 36.5 Å². The van der Waals surface area contributed by atoms with Crippen molar-refractivity contribution >= 4 is 0 Å². The Kier molecular flexibility index (Phi) is 2.86. The lowest BCUT2D eigenvalue weighted by Crippen LogP contribution is -2.62. The van der Waals surface area contributed by atoms with E-state index in [1.165, 1.54) is 19.3 Å². The van der Waals surface area contributed by atoms with Crippen LogP contribution in [0.25, 0.3) is 0 Å². The molecule has 2 N–H and O–H groups in total. The SMILES string of the molecule is OCC1OCCNC12CCCCC2. The fraction of sp³-hybridized carbons (Fsp3) is 1.00. The Hall–Kier alpha value is -0.120. The van der Waals surface area contributed by atoms with Crippen molar-refractivity contribution in [2.24, 2.45) is 0 Å². The minimum absolute atomic E-state index is 0.0292. The van der Waals surface area contributed by atoms with Crippen LogP contribution in [0.15, 0.2) is 0 Å². The zero-order valence-corrected chi connectivity index (χ0v) is 8.09. The molecule has 1 atom stereocenters. The largest absolute Gasteiger partial charge is 0.394 e. The van der Waals surface area contributed by atoms with Gasteiger partial charge in [0.15, 0.2) is 0 Å². The predicted octanol–water partition coefficient (Wildman–Crippen LogP) is 0.670. The quantitative estimate of drug-likeness (QED) is 0.631. The maximum absolute atomic E-state index is 9.24. The number of hydrogen-bond acceptors (Lipinski definition) is 3. The number of aliphatic hydroxyl groups is 1. The normalized spacial score (nSPS) is 33.5. The fourth-order valence-corrected chi connectivity index (χ4v) is 2.68. The molecule has 1 aliphatic carbocycles. The summed E-state index contributed by atoms with van der Waals surface area (Å²) in [5.41, 5.74) is 0.102. The highest BCUT2D eigenvalue weighted by atomic mass is 16.5. The maximum Gasteiger partial charge on any atom is 0.0987 e. The first-order valence-electron chi connectivity index (χ1n) is 5.35. The Balaban J connectivity index is 2.06. The predicted molar refractivity (Wildman–Crippen MR) is 50.6 cm³/mol. The van der Waals surface area contributed by atoms with Gasteiger partial charge in [-0.05, 0) is 12.8 Å². The number of rotatable bonds is 1. The van der Waals surface area contributed by atoms with Crippen LogP contribution in [0.3, 0.4) is 0 Å². The zero-order chi connectivity index (χ0) is 9.15. The summed E-state index contributed by atoms with van der Waals surface area (Å²) < 4.78 is 5.61. The molecule has 0 aromatic heterocycles. The summed E-state index contributed by atoms with van der Waals surface area (Å²) in [7, 11) is 0. The van der Waals surface area contributed by atoms with E-state index in [1.54, 1.807) is 0 Å². The smallest absolute Gasteiger partial charge is 0.0987 e. The Morgan fingerprint density at radius 2 is 2.08 bits per heavy atom. The van der Waals surface area contributed by atoms with Gasteiger partial charge in [0.1, 0.15) is 0 Å². The lowest BCUT2D eigenvalue weighted by molar-refractivity contribution is -0.0877. The molecule has 1 aliphatic heterocycles. The average molecular weight is 185 g/mol. The molecule has 0 amide bonds. The first-order chi connectivity index (χ1) is 6.37. The molecule has 76 valence electrons. The van der Waals surface area contributed by atoms with Gasteiger partial charge in [0.05, 0.1) is 19.3 Å². The van der Waals surface area contributed by atoms with Gasteiger partial charge < -0.3 is 15.2 Å². The summed E-state index contributed by atoms with van der Waals surface area (Å²) in [6.07, 6.45) is 6.24. The molecule has 1 spiro atoms. The van der Waals surface area contributed by atoms with Gasteiger partial charge in [-0.15, -0.1) is 0 Å². The first-order valence-corrected chi connectivity index (χ1v) is 5.35. The minimum Gasteiger partial charge on any atom is -0.394 e. The van der Waals surface area contributed by atoms with Crippen LogP contribution in [-0.2, 0) is 4.74 Å². The molecule has 0 radical (unpaired) electrons. The lowest BCUT2D eigenvalue weighted by Gasteiger charge is -2.46. The monoisotopic (exact) mass is 185 g/mol. The summed E-state index contributed by atoms with van der Waals surface area (Å²) >= 11 is 0. The van der Waals surface area contributed by atoms with Gasteiger partial charge in [-0.2, -0.15) is 0 Å². The molecule has 1 saturated carbocycles. The summed E-state index contributed by atoms with van der Waals surface area (Å²) in [6.45, 7) is 1.84. The van der Waals surface area contributed by atoms with Crippen molar-refractivity contribution in [2.45, 2.75) is 43.7 Å². The molecule has 1 heterocycles. The van der Waals surface area contributed by atoms with Crippen LogP contribution in [0.2, 0.25) is 0 Å². The highest BCUT2D eigenvalue weighted by Gasteiger charge is 2.41. The molecule has 3 heteroatoms. The summed E-state index contributed by atoms with van der Waals surface area (Å²) in [6, 6.07) is 0. The molecular formula is C10H19NO2. The van der Waals surface area contributed by atoms with Crippen molar-refractivity contribution < 1.29 is 9.84 Å². The van der Waals surface area contributed by atoms with E-state index in [2.05, 4.69) is 5.32 Å². The fourth-order valence-electron chi connectivity index (χ4n) is 2.68. The molecule has 1 saturated heterocycles. The molecule has 13 heavy (non-hydrogen) atoms. The van der Waals surface area contributed by atoms with Gasteiger partial charge in [0.25, 0.3) is 0 Å². The summed E-state index contributed by atoms with van der Waals surface area (Å²) in [5, 5.41) is 12.8. The number of morpholine rings is 1. The van der Waals surface area contributed by atoms with Crippen molar-refractivity contribution in [3.05, 3.63) is 0 Å². The third kappa shape index (κ3) is 1.73. The van der Waals surface area contributed by atoms with Crippen LogP contribution in [0, 0.1) is 0 Å². The van der Waals surface area contributed by atoms with E-state index in [0.29, 0.717) is 0 Å². The van der Waals surface area contributed by atoms with Crippen LogP contribution >= 0.6 is 0 Å². The highest BCUT2D eigenvalue weighted by Crippen LogP contribution is 2.33. The topological polar surface area (TPSA) is 41.5 Å². The summed E-state index contributed by atoms with van der Waals surface area (Å²) in [5.74, 6) is 0. The Morgan fingerprint density at radius 3 is 2.77 bits per heavy atom. The van der Waals surface area contributed by atoms with Crippen LogP contribution in [0.1, 0.15) is 32.1 Å². The molecular weight excluding hydrogens is 166 g/mol. The standard InChI is InChI=1S/C10H19NO2/c12-8-9-10(11-6-7-13-9)4-2-1-3-5-10/h9,11-12H,1-8H2. The molecule has 0 bridgehead atoms. The Bertz CT molecular complexity index is 158. The van der Waals surface area contributed by atoms with E-state index >= 15 is 0 Å². The Labute approximate surface area is 79.5 Å². The third-order valence-electron chi connectivity index (χ3n) is 3.43. The van der Waals surface area contributed by atoms with E-state index in [4.69, 9.17) is 4.74 Å². The van der Waals surface area contributed by atoms with E-state index in [1.807, 2.05) is 0 Å². The molecule has 1 unspecified atom stereocenters. The van der Waals surface area contributed by atoms with Crippen molar-refractivity contribution in [3.63, 3.8) is 0 Å². The van der Waals surface area contributed by atoms with Gasteiger partial charge in [-0.3, -0.25) is 0 Å². The van der Waals surface area contributed by atoms with Crippen molar-refractivity contribution in [3.8, 4) is 0 Å².